The Bertz CT molecular complexity index is 950. The maximum absolute atomic E-state index is 12.6. The standard InChI is InChI=1S/C22H22N3O2S/c1-2-24-21(26)12-7-15-5-8-16(9-6-15)22(27)25-19-14-17(10-11-18(19)23)20-4-3-13-28-20/h3-6,8-14H,2,7,23H2,1H3,(H,24,26)(H,25,27). The van der Waals surface area contributed by atoms with Gasteiger partial charge in [-0.1, -0.05) is 24.3 Å². The van der Waals surface area contributed by atoms with E-state index in [0.29, 0.717) is 29.9 Å². The van der Waals surface area contributed by atoms with Crippen LogP contribution in [-0.4, -0.2) is 18.4 Å². The van der Waals surface area contributed by atoms with E-state index in [-0.39, 0.29) is 11.8 Å². The van der Waals surface area contributed by atoms with Crippen LogP contribution in [0.4, 0.5) is 11.4 Å². The predicted molar refractivity (Wildman–Crippen MR) is 115 cm³/mol. The molecular weight excluding hydrogens is 370 g/mol. The lowest BCUT2D eigenvalue weighted by molar-refractivity contribution is -0.117. The molecule has 2 aromatic carbocycles. The van der Waals surface area contributed by atoms with Crippen LogP contribution in [0.25, 0.3) is 10.4 Å². The molecule has 3 aromatic rings. The van der Waals surface area contributed by atoms with Crippen LogP contribution in [-0.2, 0) is 11.2 Å². The van der Waals surface area contributed by atoms with E-state index in [9.17, 15) is 9.59 Å². The predicted octanol–water partition coefficient (Wildman–Crippen LogP) is 4.13. The van der Waals surface area contributed by atoms with Crippen LogP contribution < -0.4 is 16.4 Å². The third-order valence-electron chi connectivity index (χ3n) is 4.20. The molecule has 2 amide bonds. The number of carbonyl (C=O) groups is 2. The molecular formula is C22H22N3O2S. The number of hydrogen-bond acceptors (Lipinski definition) is 4. The summed E-state index contributed by atoms with van der Waals surface area (Å²) < 4.78 is 0. The van der Waals surface area contributed by atoms with E-state index in [1.165, 1.54) is 0 Å². The Labute approximate surface area is 168 Å². The first-order chi connectivity index (χ1) is 13.6. The van der Waals surface area contributed by atoms with E-state index in [2.05, 4.69) is 10.6 Å². The van der Waals surface area contributed by atoms with E-state index in [1.54, 1.807) is 36.0 Å². The zero-order chi connectivity index (χ0) is 19.9. The number of carbonyl (C=O) groups excluding carboxylic acids is 2. The Morgan fingerprint density at radius 3 is 2.57 bits per heavy atom. The Hall–Kier alpha value is -3.12. The van der Waals surface area contributed by atoms with Crippen LogP contribution in [0.3, 0.4) is 0 Å². The number of nitrogens with one attached hydrogen (secondary N) is 2. The average Bonchev–Trinajstić information content (AvgIpc) is 3.23. The normalized spacial score (nSPS) is 10.5. The van der Waals surface area contributed by atoms with Gasteiger partial charge in [0.25, 0.3) is 5.91 Å². The molecule has 3 rings (SSSR count). The van der Waals surface area contributed by atoms with Gasteiger partial charge < -0.3 is 16.4 Å². The van der Waals surface area contributed by atoms with Crippen LogP contribution in [0.2, 0.25) is 0 Å². The fourth-order valence-electron chi connectivity index (χ4n) is 2.70. The van der Waals surface area contributed by atoms with Crippen LogP contribution in [0, 0.1) is 6.42 Å². The Morgan fingerprint density at radius 1 is 1.11 bits per heavy atom. The summed E-state index contributed by atoms with van der Waals surface area (Å²) in [5, 5.41) is 7.62. The molecule has 0 bridgehead atoms. The number of hydrogen-bond donors (Lipinski definition) is 3. The largest absolute Gasteiger partial charge is 0.397 e. The molecule has 6 heteroatoms. The van der Waals surface area contributed by atoms with Crippen LogP contribution in [0.5, 0.6) is 0 Å². The summed E-state index contributed by atoms with van der Waals surface area (Å²) >= 11 is 1.63. The summed E-state index contributed by atoms with van der Waals surface area (Å²) in [6.07, 6.45) is 2.11. The fraction of sp³-hybridized carbons (Fsp3) is 0.136. The van der Waals surface area contributed by atoms with Gasteiger partial charge in [0.05, 0.1) is 17.8 Å². The van der Waals surface area contributed by atoms with E-state index < -0.39 is 0 Å². The van der Waals surface area contributed by atoms with Gasteiger partial charge in [0.2, 0.25) is 5.91 Å². The number of anilines is 2. The number of nitrogen functional groups attached to an aromatic ring is 1. The minimum atomic E-state index is -0.228. The lowest BCUT2D eigenvalue weighted by Gasteiger charge is -2.10. The van der Waals surface area contributed by atoms with Crippen LogP contribution in [0.1, 0.15) is 22.8 Å². The number of benzene rings is 2. The first-order valence-corrected chi connectivity index (χ1v) is 9.89. The first kappa shape index (κ1) is 19.6. The molecule has 143 valence electrons. The number of nitrogens with two attached hydrogens (primary N) is 1. The molecule has 0 atom stereocenters. The zero-order valence-electron chi connectivity index (χ0n) is 15.6. The number of amides is 2. The summed E-state index contributed by atoms with van der Waals surface area (Å²) in [5.41, 5.74) is 9.64. The molecule has 4 N–H and O–H groups in total. The first-order valence-electron chi connectivity index (χ1n) is 9.01. The molecule has 0 fully saturated rings. The van der Waals surface area contributed by atoms with Gasteiger partial charge in [0, 0.05) is 17.0 Å². The van der Waals surface area contributed by atoms with Crippen molar-refractivity contribution in [2.75, 3.05) is 17.6 Å². The SMILES string of the molecule is CCNC(=O)[CH]Cc1ccc(C(=O)Nc2cc(-c3cccs3)ccc2N)cc1. The van der Waals surface area contributed by atoms with Crippen LogP contribution in [0.15, 0.2) is 60.0 Å². The average molecular weight is 393 g/mol. The van der Waals surface area contributed by atoms with Crippen molar-refractivity contribution >= 4 is 34.5 Å². The second kappa shape index (κ2) is 9.19. The molecule has 1 heterocycles. The lowest BCUT2D eigenvalue weighted by atomic mass is 10.1. The van der Waals surface area contributed by atoms with Gasteiger partial charge in [-0.3, -0.25) is 9.59 Å². The van der Waals surface area contributed by atoms with Crippen molar-refractivity contribution < 1.29 is 9.59 Å². The van der Waals surface area contributed by atoms with Crippen molar-refractivity contribution in [3.8, 4) is 10.4 Å². The second-order valence-corrected chi connectivity index (χ2v) is 7.18. The van der Waals surface area contributed by atoms with Crippen molar-refractivity contribution in [3.05, 3.63) is 77.5 Å². The van der Waals surface area contributed by atoms with Gasteiger partial charge in [-0.15, -0.1) is 11.3 Å². The minimum Gasteiger partial charge on any atom is -0.397 e. The molecule has 1 aromatic heterocycles. The van der Waals surface area contributed by atoms with E-state index in [1.807, 2.05) is 48.7 Å². The minimum absolute atomic E-state index is 0.0922. The molecule has 28 heavy (non-hydrogen) atoms. The van der Waals surface area contributed by atoms with Gasteiger partial charge >= 0.3 is 0 Å². The lowest BCUT2D eigenvalue weighted by Crippen LogP contribution is -2.23. The quantitative estimate of drug-likeness (QED) is 0.529. The molecule has 0 unspecified atom stereocenters. The molecule has 5 nitrogen and oxygen atoms in total. The third-order valence-corrected chi connectivity index (χ3v) is 5.12. The molecule has 0 aliphatic heterocycles. The smallest absolute Gasteiger partial charge is 0.255 e. The fourth-order valence-corrected chi connectivity index (χ4v) is 3.43. The molecule has 0 saturated carbocycles. The van der Waals surface area contributed by atoms with E-state index in [4.69, 9.17) is 5.73 Å². The molecule has 0 aliphatic carbocycles. The highest BCUT2D eigenvalue weighted by molar-refractivity contribution is 7.13. The topological polar surface area (TPSA) is 84.2 Å². The summed E-state index contributed by atoms with van der Waals surface area (Å²) in [5.74, 6) is -0.320. The highest BCUT2D eigenvalue weighted by Gasteiger charge is 2.10. The van der Waals surface area contributed by atoms with Gasteiger partial charge in [-0.05, 0) is 60.2 Å². The molecule has 0 spiro atoms. The van der Waals surface area contributed by atoms with Crippen molar-refractivity contribution in [1.82, 2.24) is 5.32 Å². The Morgan fingerprint density at radius 2 is 1.89 bits per heavy atom. The van der Waals surface area contributed by atoms with Crippen molar-refractivity contribution in [2.45, 2.75) is 13.3 Å². The summed E-state index contributed by atoms with van der Waals surface area (Å²) in [7, 11) is 0. The molecule has 0 saturated heterocycles. The van der Waals surface area contributed by atoms with Crippen molar-refractivity contribution in [3.63, 3.8) is 0 Å². The van der Waals surface area contributed by atoms with Gasteiger partial charge in [0.15, 0.2) is 0 Å². The van der Waals surface area contributed by atoms with Gasteiger partial charge in [-0.2, -0.15) is 0 Å². The van der Waals surface area contributed by atoms with Gasteiger partial charge in [0.1, 0.15) is 0 Å². The third kappa shape index (κ3) is 4.98. The zero-order valence-corrected chi connectivity index (χ0v) is 16.4. The summed E-state index contributed by atoms with van der Waals surface area (Å²) in [6, 6.07) is 16.8. The highest BCUT2D eigenvalue weighted by Crippen LogP contribution is 2.30. The highest BCUT2D eigenvalue weighted by atomic mass is 32.1. The van der Waals surface area contributed by atoms with E-state index >= 15 is 0 Å². The number of rotatable bonds is 7. The Kier molecular flexibility index (Phi) is 6.45. The van der Waals surface area contributed by atoms with E-state index in [0.717, 1.165) is 16.0 Å². The summed E-state index contributed by atoms with van der Waals surface area (Å²) in [4.78, 5) is 25.2. The number of thiophene rings is 1. The van der Waals surface area contributed by atoms with Crippen LogP contribution >= 0.6 is 11.3 Å². The van der Waals surface area contributed by atoms with Crippen molar-refractivity contribution in [2.24, 2.45) is 0 Å². The molecule has 0 aliphatic rings. The van der Waals surface area contributed by atoms with Gasteiger partial charge in [-0.25, -0.2) is 0 Å². The maximum atomic E-state index is 12.6. The molecule has 1 radical (unpaired) electrons. The second-order valence-electron chi connectivity index (χ2n) is 6.23. The maximum Gasteiger partial charge on any atom is 0.255 e. The summed E-state index contributed by atoms with van der Waals surface area (Å²) in [6.45, 7) is 2.48. The van der Waals surface area contributed by atoms with Crippen molar-refractivity contribution in [1.29, 1.82) is 0 Å². The monoisotopic (exact) mass is 392 g/mol. The Balaban J connectivity index is 1.66.